The third-order valence-corrected chi connectivity index (χ3v) is 6.25. The minimum Gasteiger partial charge on any atom is -0.294 e. The summed E-state index contributed by atoms with van der Waals surface area (Å²) in [6, 6.07) is 3.52. The van der Waals surface area contributed by atoms with Crippen LogP contribution in [0.3, 0.4) is 0 Å². The molecule has 0 atom stereocenters. The van der Waals surface area contributed by atoms with Gasteiger partial charge in [0.2, 0.25) is 0 Å². The molecule has 4 fully saturated rings. The van der Waals surface area contributed by atoms with Crippen molar-refractivity contribution < 1.29 is 9.18 Å². The lowest BCUT2D eigenvalue weighted by Crippen LogP contribution is -2.48. The van der Waals surface area contributed by atoms with E-state index in [1.165, 1.54) is 32.1 Å². The van der Waals surface area contributed by atoms with Crippen LogP contribution < -0.4 is 0 Å². The molecule has 0 heterocycles. The highest BCUT2D eigenvalue weighted by atomic mass is 19.1. The van der Waals surface area contributed by atoms with E-state index in [-0.39, 0.29) is 17.5 Å². The molecule has 0 spiro atoms. The topological polar surface area (TPSA) is 17.1 Å². The van der Waals surface area contributed by atoms with Gasteiger partial charge in [0, 0.05) is 11.5 Å². The van der Waals surface area contributed by atoms with Gasteiger partial charge in [0.25, 0.3) is 0 Å². The summed E-state index contributed by atoms with van der Waals surface area (Å²) in [5.74, 6) is 3.29. The van der Waals surface area contributed by atoms with Crippen molar-refractivity contribution >= 4 is 5.78 Å². The molecule has 0 radical (unpaired) electrons. The van der Waals surface area contributed by atoms with Crippen LogP contribution in [0, 0.1) is 49.3 Å². The fourth-order valence-electron chi connectivity index (χ4n) is 5.63. The molecule has 2 heteroatoms. The lowest BCUT2D eigenvalue weighted by Gasteiger charge is -2.53. The largest absolute Gasteiger partial charge is 0.294 e. The van der Waals surface area contributed by atoms with Crippen molar-refractivity contribution in [3.63, 3.8) is 0 Å². The predicted octanol–water partition coefficient (Wildman–Crippen LogP) is 4.70. The van der Waals surface area contributed by atoms with Gasteiger partial charge < -0.3 is 0 Å². The summed E-state index contributed by atoms with van der Waals surface area (Å²) in [7, 11) is 0. The van der Waals surface area contributed by atoms with Gasteiger partial charge in [-0.2, -0.15) is 0 Å². The van der Waals surface area contributed by atoms with Crippen LogP contribution in [0.5, 0.6) is 0 Å². The first-order chi connectivity index (χ1) is 10.0. The maximum absolute atomic E-state index is 13.8. The molecule has 5 rings (SSSR count). The Hall–Kier alpha value is -1.18. The van der Waals surface area contributed by atoms with Crippen molar-refractivity contribution in [1.29, 1.82) is 0 Å². The van der Waals surface area contributed by atoms with E-state index in [0.717, 1.165) is 17.4 Å². The standard InChI is InChI=1S/C19H23FO/c1-10-3-16(4-11(2)18(10)20)19(21)17-14-6-12-5-13(8-14)9-15(17)7-12/h3-4,12-15,17H,5-9H2,1-2H3. The Morgan fingerprint density at radius 3 is 1.90 bits per heavy atom. The molecule has 0 saturated heterocycles. The van der Waals surface area contributed by atoms with Crippen LogP contribution in [-0.4, -0.2) is 5.78 Å². The van der Waals surface area contributed by atoms with Gasteiger partial charge in [0.15, 0.2) is 5.78 Å². The molecule has 0 unspecified atom stereocenters. The average molecular weight is 286 g/mol. The van der Waals surface area contributed by atoms with Crippen molar-refractivity contribution in [2.75, 3.05) is 0 Å². The zero-order valence-corrected chi connectivity index (χ0v) is 12.9. The molecular weight excluding hydrogens is 263 g/mol. The average Bonchev–Trinajstić information content (AvgIpc) is 2.42. The summed E-state index contributed by atoms with van der Waals surface area (Å²) in [5.41, 5.74) is 1.94. The van der Waals surface area contributed by atoms with E-state index >= 15 is 0 Å². The summed E-state index contributed by atoms with van der Waals surface area (Å²) in [5, 5.41) is 0. The second-order valence-corrected chi connectivity index (χ2v) is 7.74. The fourth-order valence-corrected chi connectivity index (χ4v) is 5.63. The Kier molecular flexibility index (Phi) is 2.99. The van der Waals surface area contributed by atoms with Crippen LogP contribution in [-0.2, 0) is 0 Å². The molecule has 0 aliphatic heterocycles. The molecule has 4 aliphatic carbocycles. The van der Waals surface area contributed by atoms with Crippen molar-refractivity contribution in [3.8, 4) is 0 Å². The number of benzene rings is 1. The zero-order chi connectivity index (χ0) is 14.7. The van der Waals surface area contributed by atoms with Crippen LogP contribution in [0.2, 0.25) is 0 Å². The summed E-state index contributed by atoms with van der Waals surface area (Å²) in [6.07, 6.45) is 6.42. The molecule has 0 N–H and O–H groups in total. The van der Waals surface area contributed by atoms with Crippen LogP contribution in [0.15, 0.2) is 12.1 Å². The van der Waals surface area contributed by atoms with Crippen molar-refractivity contribution in [2.24, 2.45) is 29.6 Å². The first-order valence-corrected chi connectivity index (χ1v) is 8.34. The molecule has 0 aromatic heterocycles. The normalized spacial score (nSPS) is 37.0. The quantitative estimate of drug-likeness (QED) is 0.720. The van der Waals surface area contributed by atoms with Gasteiger partial charge in [-0.25, -0.2) is 4.39 Å². The van der Waals surface area contributed by atoms with E-state index in [2.05, 4.69) is 0 Å². The SMILES string of the molecule is Cc1cc(C(=O)C2C3CC4CC(C3)CC2C4)cc(C)c1F. The van der Waals surface area contributed by atoms with Crippen LogP contribution >= 0.6 is 0 Å². The number of halogens is 1. The number of carbonyl (C=O) groups excluding carboxylic acids is 1. The van der Waals surface area contributed by atoms with Crippen LogP contribution in [0.1, 0.15) is 53.6 Å². The van der Waals surface area contributed by atoms with Gasteiger partial charge in [-0.05, 0) is 92.9 Å². The number of Topliss-reactive ketones (excluding diaryl/α,β-unsaturated/α-hetero) is 1. The molecule has 4 saturated carbocycles. The summed E-state index contributed by atoms with van der Waals surface area (Å²) < 4.78 is 13.8. The molecule has 1 nitrogen and oxygen atoms in total. The first kappa shape index (κ1) is 13.5. The summed E-state index contributed by atoms with van der Waals surface area (Å²) in [6.45, 7) is 3.52. The number of aryl methyl sites for hydroxylation is 2. The van der Waals surface area contributed by atoms with Gasteiger partial charge in [-0.1, -0.05) is 0 Å². The Labute approximate surface area is 125 Å². The monoisotopic (exact) mass is 286 g/mol. The Morgan fingerprint density at radius 2 is 1.43 bits per heavy atom. The van der Waals surface area contributed by atoms with E-state index in [1.54, 1.807) is 26.0 Å². The van der Waals surface area contributed by atoms with E-state index < -0.39 is 0 Å². The lowest BCUT2D eigenvalue weighted by molar-refractivity contribution is -0.0251. The van der Waals surface area contributed by atoms with Gasteiger partial charge in [-0.15, -0.1) is 0 Å². The van der Waals surface area contributed by atoms with E-state index in [0.29, 0.717) is 23.0 Å². The molecule has 21 heavy (non-hydrogen) atoms. The highest BCUT2D eigenvalue weighted by Gasteiger charge is 2.50. The molecule has 112 valence electrons. The van der Waals surface area contributed by atoms with Crippen LogP contribution in [0.4, 0.5) is 4.39 Å². The second kappa shape index (κ2) is 4.66. The smallest absolute Gasteiger partial charge is 0.166 e. The minimum absolute atomic E-state index is 0.170. The fraction of sp³-hybridized carbons (Fsp3) is 0.632. The molecule has 4 bridgehead atoms. The molecule has 4 aliphatic rings. The van der Waals surface area contributed by atoms with E-state index in [1.807, 2.05) is 0 Å². The number of ketones is 1. The number of hydrogen-bond acceptors (Lipinski definition) is 1. The Bertz CT molecular complexity index is 553. The Balaban J connectivity index is 1.66. The highest BCUT2D eigenvalue weighted by molar-refractivity contribution is 5.98. The van der Waals surface area contributed by atoms with Gasteiger partial charge >= 0.3 is 0 Å². The maximum atomic E-state index is 13.8. The Morgan fingerprint density at radius 1 is 0.952 bits per heavy atom. The van der Waals surface area contributed by atoms with Crippen LogP contribution in [0.25, 0.3) is 0 Å². The summed E-state index contributed by atoms with van der Waals surface area (Å²) in [4.78, 5) is 13.0. The predicted molar refractivity (Wildman–Crippen MR) is 80.7 cm³/mol. The first-order valence-electron chi connectivity index (χ1n) is 8.34. The lowest BCUT2D eigenvalue weighted by atomic mass is 9.51. The van der Waals surface area contributed by atoms with Crippen molar-refractivity contribution in [1.82, 2.24) is 0 Å². The third-order valence-electron chi connectivity index (χ3n) is 6.25. The summed E-state index contributed by atoms with van der Waals surface area (Å²) >= 11 is 0. The van der Waals surface area contributed by atoms with Crippen molar-refractivity contribution in [2.45, 2.75) is 46.0 Å². The number of hydrogen-bond donors (Lipinski definition) is 0. The second-order valence-electron chi connectivity index (χ2n) is 7.74. The molecule has 0 amide bonds. The van der Waals surface area contributed by atoms with Crippen molar-refractivity contribution in [3.05, 3.63) is 34.6 Å². The van der Waals surface area contributed by atoms with Gasteiger partial charge in [0.1, 0.15) is 5.82 Å². The zero-order valence-electron chi connectivity index (χ0n) is 12.9. The third kappa shape index (κ3) is 2.06. The van der Waals surface area contributed by atoms with E-state index in [4.69, 9.17) is 0 Å². The minimum atomic E-state index is -0.170. The number of carbonyl (C=O) groups is 1. The van der Waals surface area contributed by atoms with Gasteiger partial charge in [-0.3, -0.25) is 4.79 Å². The highest BCUT2D eigenvalue weighted by Crippen LogP contribution is 2.57. The molecular formula is C19H23FO. The van der Waals surface area contributed by atoms with Gasteiger partial charge in [0.05, 0.1) is 0 Å². The molecule has 1 aromatic rings. The maximum Gasteiger partial charge on any atom is 0.166 e. The number of rotatable bonds is 2. The van der Waals surface area contributed by atoms with E-state index in [9.17, 15) is 9.18 Å². The molecule has 1 aromatic carbocycles.